The van der Waals surface area contributed by atoms with E-state index >= 15 is 0 Å². The summed E-state index contributed by atoms with van der Waals surface area (Å²) in [6.07, 6.45) is 0.439. The van der Waals surface area contributed by atoms with Gasteiger partial charge in [-0.25, -0.2) is 8.42 Å². The monoisotopic (exact) mass is 364 g/mol. The van der Waals surface area contributed by atoms with Crippen LogP contribution in [-0.2, 0) is 14.8 Å². The SMILES string of the molecule is CN(CC(=O)NCCCO)S(=O)(=O)c1ccc(Br)cc1. The van der Waals surface area contributed by atoms with Crippen molar-refractivity contribution in [2.45, 2.75) is 11.3 Å². The Morgan fingerprint density at radius 3 is 2.50 bits per heavy atom. The Bertz CT molecular complexity index is 545. The molecule has 2 N–H and O–H groups in total. The van der Waals surface area contributed by atoms with Crippen LogP contribution < -0.4 is 5.32 Å². The maximum atomic E-state index is 12.2. The van der Waals surface area contributed by atoms with Crippen LogP contribution >= 0.6 is 15.9 Å². The van der Waals surface area contributed by atoms with Crippen molar-refractivity contribution in [3.05, 3.63) is 28.7 Å². The van der Waals surface area contributed by atoms with Gasteiger partial charge in [0, 0.05) is 24.7 Å². The van der Waals surface area contributed by atoms with Gasteiger partial charge >= 0.3 is 0 Å². The molecule has 0 saturated carbocycles. The number of carbonyl (C=O) groups is 1. The number of halogens is 1. The molecule has 0 aliphatic heterocycles. The number of hydrogen-bond donors (Lipinski definition) is 2. The number of sulfonamides is 1. The highest BCUT2D eigenvalue weighted by Crippen LogP contribution is 2.17. The molecule has 20 heavy (non-hydrogen) atoms. The van der Waals surface area contributed by atoms with Gasteiger partial charge in [0.05, 0.1) is 11.4 Å². The van der Waals surface area contributed by atoms with E-state index in [2.05, 4.69) is 21.2 Å². The lowest BCUT2D eigenvalue weighted by atomic mass is 10.4. The lowest BCUT2D eigenvalue weighted by Gasteiger charge is -2.16. The quantitative estimate of drug-likeness (QED) is 0.692. The van der Waals surface area contributed by atoms with E-state index in [1.807, 2.05) is 0 Å². The third-order valence-corrected chi connectivity index (χ3v) is 4.89. The first-order valence-corrected chi connectivity index (χ1v) is 8.20. The molecule has 8 heteroatoms. The lowest BCUT2D eigenvalue weighted by molar-refractivity contribution is -0.121. The van der Waals surface area contributed by atoms with Gasteiger partial charge in [-0.3, -0.25) is 4.79 Å². The number of rotatable bonds is 7. The largest absolute Gasteiger partial charge is 0.396 e. The lowest BCUT2D eigenvalue weighted by Crippen LogP contribution is -2.38. The average Bonchev–Trinajstić information content (AvgIpc) is 2.39. The summed E-state index contributed by atoms with van der Waals surface area (Å²) in [6.45, 7) is 0.0403. The minimum Gasteiger partial charge on any atom is -0.396 e. The Kier molecular flexibility index (Phi) is 6.60. The van der Waals surface area contributed by atoms with Crippen LogP contribution in [0.3, 0.4) is 0 Å². The highest BCUT2D eigenvalue weighted by atomic mass is 79.9. The Balaban J connectivity index is 2.68. The molecule has 0 aromatic heterocycles. The number of amides is 1. The van der Waals surface area contributed by atoms with Crippen LogP contribution in [0, 0.1) is 0 Å². The number of benzene rings is 1. The molecule has 0 saturated heterocycles. The van der Waals surface area contributed by atoms with Crippen molar-refractivity contribution in [2.75, 3.05) is 26.7 Å². The first-order valence-electron chi connectivity index (χ1n) is 5.97. The molecule has 6 nitrogen and oxygen atoms in total. The molecule has 0 aliphatic carbocycles. The number of carbonyl (C=O) groups excluding carboxylic acids is 1. The zero-order valence-electron chi connectivity index (χ0n) is 11.0. The van der Waals surface area contributed by atoms with Crippen molar-refractivity contribution in [3.8, 4) is 0 Å². The Morgan fingerprint density at radius 1 is 1.35 bits per heavy atom. The molecule has 0 bridgehead atoms. The van der Waals surface area contributed by atoms with E-state index in [1.54, 1.807) is 12.1 Å². The first-order chi connectivity index (χ1) is 9.37. The molecule has 1 amide bonds. The number of likely N-dealkylation sites (N-methyl/N-ethyl adjacent to an activating group) is 1. The fraction of sp³-hybridized carbons (Fsp3) is 0.417. The van der Waals surface area contributed by atoms with Gasteiger partial charge in [0.1, 0.15) is 0 Å². The summed E-state index contributed by atoms with van der Waals surface area (Å²) in [7, 11) is -2.33. The van der Waals surface area contributed by atoms with Crippen LogP contribution in [-0.4, -0.2) is 50.5 Å². The molecule has 1 rings (SSSR count). The predicted molar refractivity (Wildman–Crippen MR) is 78.7 cm³/mol. The molecule has 0 radical (unpaired) electrons. The number of hydrogen-bond acceptors (Lipinski definition) is 4. The Hall–Kier alpha value is -0.960. The van der Waals surface area contributed by atoms with Crippen LogP contribution in [0.25, 0.3) is 0 Å². The van der Waals surface area contributed by atoms with Crippen LogP contribution in [0.1, 0.15) is 6.42 Å². The summed E-state index contributed by atoms with van der Waals surface area (Å²) in [5.74, 6) is -0.401. The van der Waals surface area contributed by atoms with Crippen LogP contribution in [0.4, 0.5) is 0 Å². The van der Waals surface area contributed by atoms with Gasteiger partial charge in [0.15, 0.2) is 0 Å². The van der Waals surface area contributed by atoms with E-state index < -0.39 is 15.9 Å². The van der Waals surface area contributed by atoms with E-state index in [0.29, 0.717) is 13.0 Å². The normalized spacial score (nSPS) is 11.6. The zero-order chi connectivity index (χ0) is 15.2. The molecule has 0 heterocycles. The predicted octanol–water partition coefficient (Wildman–Crippen LogP) is 0.568. The second kappa shape index (κ2) is 7.72. The molecule has 0 fully saturated rings. The maximum absolute atomic E-state index is 12.2. The molecular formula is C12H17BrN2O4S. The second-order valence-electron chi connectivity index (χ2n) is 4.14. The van der Waals surface area contributed by atoms with Gasteiger partial charge in [-0.05, 0) is 30.7 Å². The number of aliphatic hydroxyl groups is 1. The van der Waals surface area contributed by atoms with Gasteiger partial charge in [-0.1, -0.05) is 15.9 Å². The zero-order valence-corrected chi connectivity index (χ0v) is 13.4. The number of aliphatic hydroxyl groups excluding tert-OH is 1. The van der Waals surface area contributed by atoms with Gasteiger partial charge in [0.25, 0.3) is 0 Å². The second-order valence-corrected chi connectivity index (χ2v) is 7.10. The summed E-state index contributed by atoms with van der Waals surface area (Å²) in [4.78, 5) is 11.7. The molecular weight excluding hydrogens is 348 g/mol. The summed E-state index contributed by atoms with van der Waals surface area (Å²) >= 11 is 3.23. The van der Waals surface area contributed by atoms with Crippen molar-refractivity contribution in [3.63, 3.8) is 0 Å². The van der Waals surface area contributed by atoms with Crippen molar-refractivity contribution in [1.82, 2.24) is 9.62 Å². The van der Waals surface area contributed by atoms with E-state index in [-0.39, 0.29) is 18.0 Å². The molecule has 0 spiro atoms. The molecule has 0 aliphatic rings. The van der Waals surface area contributed by atoms with Crippen LogP contribution in [0.5, 0.6) is 0 Å². The Labute approximate surface area is 127 Å². The van der Waals surface area contributed by atoms with E-state index in [1.165, 1.54) is 19.2 Å². The number of nitrogens with one attached hydrogen (secondary N) is 1. The van der Waals surface area contributed by atoms with Crippen molar-refractivity contribution < 1.29 is 18.3 Å². The topological polar surface area (TPSA) is 86.7 Å². The summed E-state index contributed by atoms with van der Waals surface area (Å²) in [5.41, 5.74) is 0. The minimum atomic E-state index is -3.68. The first kappa shape index (κ1) is 17.1. The van der Waals surface area contributed by atoms with Crippen molar-refractivity contribution in [2.24, 2.45) is 0 Å². The van der Waals surface area contributed by atoms with Gasteiger partial charge in [-0.15, -0.1) is 0 Å². The van der Waals surface area contributed by atoms with E-state index in [0.717, 1.165) is 8.78 Å². The van der Waals surface area contributed by atoms with Gasteiger partial charge in [0.2, 0.25) is 15.9 Å². The summed E-state index contributed by atoms with van der Waals surface area (Å²) < 4.78 is 26.2. The van der Waals surface area contributed by atoms with Crippen LogP contribution in [0.15, 0.2) is 33.6 Å². The summed E-state index contributed by atoms with van der Waals surface area (Å²) in [6, 6.07) is 6.20. The highest BCUT2D eigenvalue weighted by Gasteiger charge is 2.22. The molecule has 1 aromatic rings. The highest BCUT2D eigenvalue weighted by molar-refractivity contribution is 9.10. The van der Waals surface area contributed by atoms with Crippen LogP contribution in [0.2, 0.25) is 0 Å². The van der Waals surface area contributed by atoms with Gasteiger partial charge < -0.3 is 10.4 Å². The smallest absolute Gasteiger partial charge is 0.243 e. The number of nitrogens with zero attached hydrogens (tertiary/aromatic N) is 1. The fourth-order valence-corrected chi connectivity index (χ4v) is 2.83. The van der Waals surface area contributed by atoms with Gasteiger partial charge in [-0.2, -0.15) is 4.31 Å². The van der Waals surface area contributed by atoms with E-state index in [4.69, 9.17) is 5.11 Å². The molecule has 0 unspecified atom stereocenters. The third-order valence-electron chi connectivity index (χ3n) is 2.55. The van der Waals surface area contributed by atoms with Crippen molar-refractivity contribution in [1.29, 1.82) is 0 Å². The third kappa shape index (κ3) is 4.86. The average molecular weight is 365 g/mol. The standard InChI is InChI=1S/C12H17BrN2O4S/c1-15(9-12(17)14-7-2-8-16)20(18,19)11-5-3-10(13)4-6-11/h3-6,16H,2,7-9H2,1H3,(H,14,17). The van der Waals surface area contributed by atoms with Crippen molar-refractivity contribution >= 4 is 31.9 Å². The summed E-state index contributed by atoms with van der Waals surface area (Å²) in [5, 5.41) is 11.1. The maximum Gasteiger partial charge on any atom is 0.243 e. The molecule has 1 aromatic carbocycles. The fourth-order valence-electron chi connectivity index (χ4n) is 1.44. The van der Waals surface area contributed by atoms with E-state index in [9.17, 15) is 13.2 Å². The molecule has 112 valence electrons. The Morgan fingerprint density at radius 2 is 1.95 bits per heavy atom. The molecule has 0 atom stereocenters. The minimum absolute atomic E-state index is 0.0205.